The first kappa shape index (κ1) is 40.7. The van der Waals surface area contributed by atoms with E-state index in [-0.39, 0.29) is 29.8 Å². The van der Waals surface area contributed by atoms with Crippen molar-refractivity contribution in [2.24, 2.45) is 5.92 Å². The summed E-state index contributed by atoms with van der Waals surface area (Å²) in [4.78, 5) is 76.5. The highest BCUT2D eigenvalue weighted by Crippen LogP contribution is 2.36. The van der Waals surface area contributed by atoms with Gasteiger partial charge in [0.15, 0.2) is 0 Å². The van der Waals surface area contributed by atoms with Gasteiger partial charge in [0.05, 0.1) is 49.4 Å². The van der Waals surface area contributed by atoms with Crippen molar-refractivity contribution in [3.8, 4) is 33.6 Å². The van der Waals surface area contributed by atoms with E-state index in [9.17, 15) is 19.2 Å². The van der Waals surface area contributed by atoms with E-state index in [2.05, 4.69) is 57.0 Å². The number of carbonyl (C=O) groups is 4. The number of hydrogen-bond donors (Lipinski definition) is 4. The zero-order valence-corrected chi connectivity index (χ0v) is 34.6. The first-order chi connectivity index (χ1) is 29.6. The number of aromatic amines is 2. The minimum absolute atomic E-state index is 0.116. The number of fused-ring (bicyclic) bond motifs is 1. The number of imidazole rings is 2. The van der Waals surface area contributed by atoms with Gasteiger partial charge in [-0.2, -0.15) is 0 Å². The summed E-state index contributed by atoms with van der Waals surface area (Å²) in [6, 6.07) is 23.6. The zero-order valence-electron chi connectivity index (χ0n) is 34.6. The van der Waals surface area contributed by atoms with Crippen LogP contribution >= 0.6 is 0 Å². The Hall–Kier alpha value is -7.03. The van der Waals surface area contributed by atoms with Crippen molar-refractivity contribution < 1.29 is 28.7 Å². The zero-order chi connectivity index (χ0) is 42.6. The molecule has 4 atom stereocenters. The van der Waals surface area contributed by atoms with Crippen LogP contribution in [-0.4, -0.2) is 92.1 Å². The van der Waals surface area contributed by atoms with Crippen LogP contribution in [0.5, 0.6) is 0 Å². The predicted molar refractivity (Wildman–Crippen MR) is 229 cm³/mol. The summed E-state index contributed by atoms with van der Waals surface area (Å²) in [5.74, 6) is 0.910. The second kappa shape index (κ2) is 17.7. The van der Waals surface area contributed by atoms with Crippen LogP contribution < -0.4 is 10.6 Å². The molecule has 0 spiro atoms. The number of nitrogens with zero attached hydrogens (tertiary/aromatic N) is 5. The fraction of sp³-hybridized carbons (Fsp3) is 0.326. The van der Waals surface area contributed by atoms with Crippen molar-refractivity contribution >= 4 is 34.9 Å². The van der Waals surface area contributed by atoms with E-state index in [1.54, 1.807) is 16.0 Å². The van der Waals surface area contributed by atoms with Crippen molar-refractivity contribution in [2.45, 2.75) is 63.7 Å². The minimum Gasteiger partial charge on any atom is -0.453 e. The summed E-state index contributed by atoms with van der Waals surface area (Å²) in [6.45, 7) is 4.92. The third kappa shape index (κ3) is 8.54. The van der Waals surface area contributed by atoms with Crippen LogP contribution in [-0.2, 0) is 19.1 Å². The maximum atomic E-state index is 13.9. The van der Waals surface area contributed by atoms with E-state index >= 15 is 0 Å². The lowest BCUT2D eigenvalue weighted by Crippen LogP contribution is -2.51. The SMILES string of the molecule is COC(=O)N[C@H](C(=O)N1CCC[C@H]1c1nc(-c2cnc3cc(-c4ccc(-c5cnc([C@@H]6CCCN6C(=O)[C@H](NC(=O)OC)c6ccccc6)[nH]5)cc4)ccc3c2)c[nH]1)C(C)C. The molecule has 0 aliphatic carbocycles. The molecule has 3 aromatic heterocycles. The van der Waals surface area contributed by atoms with E-state index < -0.39 is 24.3 Å². The highest BCUT2D eigenvalue weighted by molar-refractivity contribution is 5.89. The number of rotatable bonds is 11. The molecule has 15 nitrogen and oxygen atoms in total. The van der Waals surface area contributed by atoms with Gasteiger partial charge in [-0.25, -0.2) is 19.6 Å². The van der Waals surface area contributed by atoms with Crippen molar-refractivity contribution in [3.05, 3.63) is 115 Å². The number of pyridine rings is 1. The molecule has 8 rings (SSSR count). The van der Waals surface area contributed by atoms with Gasteiger partial charge in [-0.1, -0.05) is 80.6 Å². The molecule has 0 unspecified atom stereocenters. The fourth-order valence-corrected chi connectivity index (χ4v) is 8.37. The number of hydrogen-bond acceptors (Lipinski definition) is 9. The van der Waals surface area contributed by atoms with Crippen molar-refractivity contribution in [1.82, 2.24) is 45.4 Å². The molecule has 0 bridgehead atoms. The quantitative estimate of drug-likeness (QED) is 0.103. The lowest BCUT2D eigenvalue weighted by molar-refractivity contribution is -0.135. The number of carbonyl (C=O) groups excluding carboxylic acids is 4. The minimum atomic E-state index is -0.885. The van der Waals surface area contributed by atoms with Crippen LogP contribution in [0.3, 0.4) is 0 Å². The lowest BCUT2D eigenvalue weighted by Gasteiger charge is -2.29. The molecule has 0 radical (unpaired) electrons. The number of alkyl carbamates (subject to hydrolysis) is 2. The first-order valence-electron chi connectivity index (χ1n) is 20.6. The summed E-state index contributed by atoms with van der Waals surface area (Å²) >= 11 is 0. The molecule has 61 heavy (non-hydrogen) atoms. The number of nitrogens with one attached hydrogen (secondary N) is 4. The molecule has 2 fully saturated rings. The Morgan fingerprint density at radius 2 is 1.38 bits per heavy atom. The average Bonchev–Trinajstić information content (AvgIpc) is 4.14. The van der Waals surface area contributed by atoms with Crippen LogP contribution in [0.1, 0.15) is 74.9 Å². The highest BCUT2D eigenvalue weighted by Gasteiger charge is 2.39. The number of ether oxygens (including phenoxy) is 2. The van der Waals surface area contributed by atoms with Gasteiger partial charge in [0.25, 0.3) is 5.91 Å². The number of benzene rings is 3. The molecule has 2 saturated heterocycles. The number of aromatic nitrogens is 5. The van der Waals surface area contributed by atoms with Gasteiger partial charge in [-0.15, -0.1) is 0 Å². The van der Waals surface area contributed by atoms with E-state index in [4.69, 9.17) is 24.4 Å². The Kier molecular flexibility index (Phi) is 11.8. The Labute approximate surface area is 353 Å². The second-order valence-electron chi connectivity index (χ2n) is 15.8. The molecule has 0 saturated carbocycles. The molecule has 15 heteroatoms. The van der Waals surface area contributed by atoms with Crippen molar-refractivity contribution in [1.29, 1.82) is 0 Å². The highest BCUT2D eigenvalue weighted by atomic mass is 16.5. The van der Waals surface area contributed by atoms with Crippen LogP contribution in [0, 0.1) is 5.92 Å². The van der Waals surface area contributed by atoms with Gasteiger partial charge in [0.1, 0.15) is 23.7 Å². The second-order valence-corrected chi connectivity index (χ2v) is 15.8. The molecule has 4 N–H and O–H groups in total. The third-order valence-corrected chi connectivity index (χ3v) is 11.6. The van der Waals surface area contributed by atoms with E-state index in [1.807, 2.05) is 68.7 Å². The molecule has 5 heterocycles. The van der Waals surface area contributed by atoms with Crippen LogP contribution in [0.4, 0.5) is 9.59 Å². The first-order valence-corrected chi connectivity index (χ1v) is 20.6. The van der Waals surface area contributed by atoms with Crippen LogP contribution in [0.15, 0.2) is 97.5 Å². The summed E-state index contributed by atoms with van der Waals surface area (Å²) in [6.07, 6.45) is 7.31. The Morgan fingerprint density at radius 1 is 0.721 bits per heavy atom. The molecule has 2 aliphatic heterocycles. The average molecular weight is 824 g/mol. The maximum absolute atomic E-state index is 13.9. The van der Waals surface area contributed by atoms with Gasteiger partial charge in [-0.3, -0.25) is 14.6 Å². The van der Waals surface area contributed by atoms with Crippen molar-refractivity contribution in [3.63, 3.8) is 0 Å². The van der Waals surface area contributed by atoms with Crippen LogP contribution in [0.2, 0.25) is 0 Å². The number of H-pyrrole nitrogens is 2. The Bertz CT molecular complexity index is 2540. The Morgan fingerprint density at radius 3 is 2.08 bits per heavy atom. The van der Waals surface area contributed by atoms with Crippen molar-refractivity contribution in [2.75, 3.05) is 27.3 Å². The maximum Gasteiger partial charge on any atom is 0.407 e. The summed E-state index contributed by atoms with van der Waals surface area (Å²) < 4.78 is 9.59. The summed E-state index contributed by atoms with van der Waals surface area (Å²) in [5.41, 5.74) is 6.96. The molecule has 6 aromatic rings. The summed E-state index contributed by atoms with van der Waals surface area (Å²) in [5, 5.41) is 6.37. The topological polar surface area (TPSA) is 188 Å². The van der Waals surface area contributed by atoms with Gasteiger partial charge >= 0.3 is 12.2 Å². The molecular formula is C46H49N9O6. The predicted octanol–water partition coefficient (Wildman–Crippen LogP) is 7.49. The number of amides is 4. The van der Waals surface area contributed by atoms with Gasteiger partial charge in [-0.05, 0) is 66.0 Å². The lowest BCUT2D eigenvalue weighted by atomic mass is 10.0. The number of methoxy groups -OCH3 is 2. The molecule has 4 amide bonds. The fourth-order valence-electron chi connectivity index (χ4n) is 8.37. The normalized spacial score (nSPS) is 17.3. The largest absolute Gasteiger partial charge is 0.453 e. The summed E-state index contributed by atoms with van der Waals surface area (Å²) in [7, 11) is 2.57. The smallest absolute Gasteiger partial charge is 0.407 e. The standard InChI is InChI=1S/C46H49N9O6/c1-27(2)39(52-45(58)60-3)43(56)54-20-8-12-37(54)42-49-26-36(51-42)33-22-32-19-18-31(23-34(32)47-24-33)28-14-16-29(17-15-28)35-25-48-41(50-35)38-13-9-21-55(38)44(57)40(53-46(59)61-4)30-10-6-5-7-11-30/h5-7,10-11,14-19,22-27,37-40H,8-9,12-13,20-21H2,1-4H3,(H,48,50)(H,49,51)(H,52,58)(H,53,59)/t37-,38-,39-,40+/m0/s1. The third-order valence-electron chi connectivity index (χ3n) is 11.6. The van der Waals surface area contributed by atoms with E-state index in [1.165, 1.54) is 14.2 Å². The monoisotopic (exact) mass is 823 g/mol. The number of likely N-dealkylation sites (tertiary alicyclic amines) is 2. The molecular weight excluding hydrogens is 775 g/mol. The van der Waals surface area contributed by atoms with Crippen LogP contribution in [0.25, 0.3) is 44.5 Å². The molecule has 3 aromatic carbocycles. The Balaban J connectivity index is 0.942. The van der Waals surface area contributed by atoms with Gasteiger partial charge in [0, 0.05) is 36.4 Å². The molecule has 314 valence electrons. The van der Waals surface area contributed by atoms with Gasteiger partial charge < -0.3 is 39.9 Å². The van der Waals surface area contributed by atoms with E-state index in [0.29, 0.717) is 30.3 Å². The molecule has 2 aliphatic rings. The van der Waals surface area contributed by atoms with Gasteiger partial charge in [0.2, 0.25) is 5.91 Å². The van der Waals surface area contributed by atoms with E-state index in [0.717, 1.165) is 70.2 Å².